The fourth-order valence-corrected chi connectivity index (χ4v) is 1.21. The number of carboxylic acids is 1. The molecule has 1 fully saturated rings. The number of carboxylic acid groups (broad SMARTS) is 1. The highest BCUT2D eigenvalue weighted by Gasteiger charge is 2.22. The Bertz CT molecular complexity index is 132. The summed E-state index contributed by atoms with van der Waals surface area (Å²) in [5, 5.41) is 11.5. The van der Waals surface area contributed by atoms with E-state index in [-0.39, 0.29) is 18.4 Å². The second-order valence-corrected chi connectivity index (χ2v) is 2.98. The first kappa shape index (κ1) is 10.7. The maximum atomic E-state index is 10.4. The van der Waals surface area contributed by atoms with Crippen LogP contribution in [0.25, 0.3) is 0 Å². The molecule has 11 heavy (non-hydrogen) atoms. The van der Waals surface area contributed by atoms with Gasteiger partial charge in [0.05, 0.1) is 0 Å². The molecule has 2 atom stereocenters. The molecule has 0 aliphatic carbocycles. The third kappa shape index (κ3) is 3.08. The van der Waals surface area contributed by atoms with E-state index in [1.165, 1.54) is 0 Å². The highest BCUT2D eigenvalue weighted by atomic mass is 35.5. The smallest absolute Gasteiger partial charge is 0.320 e. The number of hydrogen-bond donors (Lipinski definition) is 2. The van der Waals surface area contributed by atoms with Crippen LogP contribution >= 0.6 is 12.4 Å². The standard InChI is InChI=1S/C7H13NO2.ClH/c1-5-2-3-6(7(9)10)8-4-5;/h5-6,8H,2-4H2,1H3,(H,9,10);1H/t5-,6+;/m0./s1. The Morgan fingerprint density at radius 2 is 2.18 bits per heavy atom. The van der Waals surface area contributed by atoms with E-state index in [2.05, 4.69) is 12.2 Å². The van der Waals surface area contributed by atoms with Crippen molar-refractivity contribution in [1.82, 2.24) is 5.32 Å². The van der Waals surface area contributed by atoms with Gasteiger partial charge >= 0.3 is 5.97 Å². The van der Waals surface area contributed by atoms with Gasteiger partial charge in [-0.2, -0.15) is 0 Å². The molecule has 0 aromatic heterocycles. The Hall–Kier alpha value is -0.280. The van der Waals surface area contributed by atoms with Gasteiger partial charge in [0.25, 0.3) is 0 Å². The van der Waals surface area contributed by atoms with Crippen molar-refractivity contribution in [3.8, 4) is 0 Å². The first-order valence-electron chi connectivity index (χ1n) is 3.66. The summed E-state index contributed by atoms with van der Waals surface area (Å²) in [6.07, 6.45) is 1.81. The van der Waals surface area contributed by atoms with E-state index in [4.69, 9.17) is 5.11 Å². The third-order valence-corrected chi connectivity index (χ3v) is 1.96. The fourth-order valence-electron chi connectivity index (χ4n) is 1.21. The minimum absolute atomic E-state index is 0. The summed E-state index contributed by atoms with van der Waals surface area (Å²) in [5.74, 6) is -0.0810. The predicted octanol–water partition coefficient (Wildman–Crippen LogP) is 0.881. The van der Waals surface area contributed by atoms with Crippen LogP contribution < -0.4 is 5.32 Å². The van der Waals surface area contributed by atoms with Crippen LogP contribution in [-0.4, -0.2) is 23.7 Å². The Labute approximate surface area is 72.6 Å². The molecule has 0 unspecified atom stereocenters. The summed E-state index contributed by atoms with van der Waals surface area (Å²) in [6.45, 7) is 2.97. The van der Waals surface area contributed by atoms with Crippen LogP contribution in [0.2, 0.25) is 0 Å². The molecule has 0 bridgehead atoms. The molecule has 0 amide bonds. The number of rotatable bonds is 1. The van der Waals surface area contributed by atoms with Crippen molar-refractivity contribution in [3.63, 3.8) is 0 Å². The van der Waals surface area contributed by atoms with Gasteiger partial charge in [-0.1, -0.05) is 6.92 Å². The number of nitrogens with one attached hydrogen (secondary N) is 1. The molecule has 0 aromatic carbocycles. The largest absolute Gasteiger partial charge is 0.480 e. The summed E-state index contributed by atoms with van der Waals surface area (Å²) >= 11 is 0. The van der Waals surface area contributed by atoms with Crippen LogP contribution in [0, 0.1) is 5.92 Å². The summed E-state index contributed by atoms with van der Waals surface area (Å²) in [6, 6.07) is -0.295. The number of hydrogen-bond acceptors (Lipinski definition) is 2. The molecule has 1 saturated heterocycles. The average Bonchev–Trinajstić information content (AvgIpc) is 1.88. The lowest BCUT2D eigenvalue weighted by Gasteiger charge is -2.24. The monoisotopic (exact) mass is 179 g/mol. The van der Waals surface area contributed by atoms with Crippen LogP contribution in [0.15, 0.2) is 0 Å². The molecule has 1 heterocycles. The van der Waals surface area contributed by atoms with E-state index in [1.807, 2.05) is 0 Å². The number of halogens is 1. The van der Waals surface area contributed by atoms with Crippen LogP contribution in [0.3, 0.4) is 0 Å². The van der Waals surface area contributed by atoms with Crippen molar-refractivity contribution in [1.29, 1.82) is 0 Å². The lowest BCUT2D eigenvalue weighted by molar-refractivity contribution is -0.140. The lowest BCUT2D eigenvalue weighted by atomic mass is 9.97. The summed E-state index contributed by atoms with van der Waals surface area (Å²) in [7, 11) is 0. The Balaban J connectivity index is 0.000001000. The van der Waals surface area contributed by atoms with Gasteiger partial charge in [0.2, 0.25) is 0 Å². The van der Waals surface area contributed by atoms with E-state index in [1.54, 1.807) is 0 Å². The molecule has 2 N–H and O–H groups in total. The fraction of sp³-hybridized carbons (Fsp3) is 0.857. The van der Waals surface area contributed by atoms with Gasteiger partial charge in [-0.15, -0.1) is 12.4 Å². The van der Waals surface area contributed by atoms with Crippen LogP contribution in [0.1, 0.15) is 19.8 Å². The predicted molar refractivity (Wildman–Crippen MR) is 45.1 cm³/mol. The van der Waals surface area contributed by atoms with Crippen molar-refractivity contribution in [2.24, 2.45) is 5.92 Å². The number of piperidine rings is 1. The molecule has 3 nitrogen and oxygen atoms in total. The highest BCUT2D eigenvalue weighted by molar-refractivity contribution is 5.85. The van der Waals surface area contributed by atoms with Crippen molar-refractivity contribution in [3.05, 3.63) is 0 Å². The zero-order chi connectivity index (χ0) is 7.56. The molecular weight excluding hydrogens is 166 g/mol. The third-order valence-electron chi connectivity index (χ3n) is 1.96. The molecule has 0 saturated carbocycles. The Morgan fingerprint density at radius 3 is 2.55 bits per heavy atom. The van der Waals surface area contributed by atoms with Crippen molar-refractivity contribution in [2.75, 3.05) is 6.54 Å². The van der Waals surface area contributed by atoms with Crippen LogP contribution in [0.4, 0.5) is 0 Å². The van der Waals surface area contributed by atoms with Gasteiger partial charge in [0.15, 0.2) is 0 Å². The molecule has 4 heteroatoms. The maximum absolute atomic E-state index is 10.4. The summed E-state index contributed by atoms with van der Waals surface area (Å²) in [5.41, 5.74) is 0. The van der Waals surface area contributed by atoms with Crippen molar-refractivity contribution < 1.29 is 9.90 Å². The van der Waals surface area contributed by atoms with E-state index < -0.39 is 5.97 Å². The number of carbonyl (C=O) groups is 1. The molecule has 1 aliphatic rings. The SMILES string of the molecule is C[C@H]1CC[C@H](C(=O)O)NC1.Cl. The molecule has 0 radical (unpaired) electrons. The Morgan fingerprint density at radius 1 is 1.55 bits per heavy atom. The Kier molecular flexibility index (Phi) is 4.45. The van der Waals surface area contributed by atoms with Gasteiger partial charge in [-0.25, -0.2) is 0 Å². The molecule has 1 aliphatic heterocycles. The zero-order valence-electron chi connectivity index (χ0n) is 6.54. The first-order valence-corrected chi connectivity index (χ1v) is 3.66. The minimum atomic E-state index is -0.716. The van der Waals surface area contributed by atoms with Crippen molar-refractivity contribution in [2.45, 2.75) is 25.8 Å². The quantitative estimate of drug-likeness (QED) is 0.629. The van der Waals surface area contributed by atoms with Gasteiger partial charge < -0.3 is 10.4 Å². The van der Waals surface area contributed by atoms with E-state index in [9.17, 15) is 4.79 Å². The van der Waals surface area contributed by atoms with Gasteiger partial charge in [0.1, 0.15) is 6.04 Å². The average molecular weight is 180 g/mol. The van der Waals surface area contributed by atoms with Crippen LogP contribution in [-0.2, 0) is 4.79 Å². The summed E-state index contributed by atoms with van der Waals surface area (Å²) < 4.78 is 0. The second-order valence-electron chi connectivity index (χ2n) is 2.98. The first-order chi connectivity index (χ1) is 4.70. The van der Waals surface area contributed by atoms with Crippen LogP contribution in [0.5, 0.6) is 0 Å². The zero-order valence-corrected chi connectivity index (χ0v) is 7.36. The topological polar surface area (TPSA) is 49.3 Å². The van der Waals surface area contributed by atoms with Crippen molar-refractivity contribution >= 4 is 18.4 Å². The normalized spacial score (nSPS) is 30.6. The molecule has 0 aromatic rings. The molecule has 1 rings (SSSR count). The number of aliphatic carboxylic acids is 1. The maximum Gasteiger partial charge on any atom is 0.320 e. The van der Waals surface area contributed by atoms with E-state index >= 15 is 0 Å². The van der Waals surface area contributed by atoms with Gasteiger partial charge in [-0.3, -0.25) is 4.79 Å². The molecule has 0 spiro atoms. The second kappa shape index (κ2) is 4.57. The van der Waals surface area contributed by atoms with E-state index in [0.29, 0.717) is 5.92 Å². The summed E-state index contributed by atoms with van der Waals surface area (Å²) in [4.78, 5) is 10.4. The molecule has 66 valence electrons. The molecular formula is C7H14ClNO2. The lowest BCUT2D eigenvalue weighted by Crippen LogP contribution is -2.43. The highest BCUT2D eigenvalue weighted by Crippen LogP contribution is 2.12. The van der Waals surface area contributed by atoms with E-state index in [0.717, 1.165) is 19.4 Å². The minimum Gasteiger partial charge on any atom is -0.480 e. The van der Waals surface area contributed by atoms with Gasteiger partial charge in [-0.05, 0) is 25.3 Å². The van der Waals surface area contributed by atoms with Gasteiger partial charge in [0, 0.05) is 0 Å².